The van der Waals surface area contributed by atoms with Gasteiger partial charge in [-0.05, 0) is 45.4 Å². The summed E-state index contributed by atoms with van der Waals surface area (Å²) in [7, 11) is 0. The van der Waals surface area contributed by atoms with Crippen LogP contribution >= 0.6 is 0 Å². The highest BCUT2D eigenvalue weighted by molar-refractivity contribution is 5.98. The summed E-state index contributed by atoms with van der Waals surface area (Å²) in [6.45, 7) is -4.23. The molecule has 1 aromatic rings. The fourth-order valence-corrected chi connectivity index (χ4v) is 4.40. The van der Waals surface area contributed by atoms with Crippen LogP contribution < -0.4 is 16.0 Å². The summed E-state index contributed by atoms with van der Waals surface area (Å²) in [6, 6.07) is -0.455. The summed E-state index contributed by atoms with van der Waals surface area (Å²) in [5, 5.41) is 9.22. The molecule has 2 aliphatic carbocycles. The van der Waals surface area contributed by atoms with Gasteiger partial charge < -0.3 is 25.4 Å². The van der Waals surface area contributed by atoms with Crippen molar-refractivity contribution < 1.29 is 31.8 Å². The molecule has 0 saturated heterocycles. The van der Waals surface area contributed by atoms with Crippen molar-refractivity contribution in [1.82, 2.24) is 15.3 Å². The number of rotatable bonds is 11. The molecule has 0 aliphatic heterocycles. The van der Waals surface area contributed by atoms with E-state index in [0.29, 0.717) is 31.5 Å². The zero-order valence-corrected chi connectivity index (χ0v) is 19.2. The van der Waals surface area contributed by atoms with Gasteiger partial charge in [0.2, 0.25) is 5.95 Å². The van der Waals surface area contributed by atoms with E-state index in [1.54, 1.807) is 6.92 Å². The van der Waals surface area contributed by atoms with E-state index in [4.69, 9.17) is 0 Å². The Balaban J connectivity index is 1.66. The molecule has 0 aromatic carbocycles. The van der Waals surface area contributed by atoms with Gasteiger partial charge in [0.25, 0.3) is 5.91 Å². The zero-order valence-electron chi connectivity index (χ0n) is 19.2. The van der Waals surface area contributed by atoms with Crippen molar-refractivity contribution in [3.63, 3.8) is 0 Å². The maximum atomic E-state index is 13.0. The van der Waals surface area contributed by atoms with Crippen molar-refractivity contribution in [2.75, 3.05) is 17.2 Å². The molecule has 0 radical (unpaired) electrons. The van der Waals surface area contributed by atoms with Crippen molar-refractivity contribution in [2.24, 2.45) is 0 Å². The normalized spacial score (nSPS) is 22.6. The Morgan fingerprint density at radius 2 is 1.74 bits per heavy atom. The van der Waals surface area contributed by atoms with E-state index in [0.717, 1.165) is 25.7 Å². The first-order valence-electron chi connectivity index (χ1n) is 11.8. The van der Waals surface area contributed by atoms with Gasteiger partial charge in [-0.2, -0.15) is 22.5 Å². The van der Waals surface area contributed by atoms with Gasteiger partial charge in [-0.15, -0.1) is 0 Å². The molecule has 8 nitrogen and oxygen atoms in total. The largest absolute Gasteiger partial charge is 0.367 e. The lowest BCUT2D eigenvalue weighted by molar-refractivity contribution is -0.170. The Labute approximate surface area is 196 Å². The Morgan fingerprint density at radius 1 is 1.03 bits per heavy atom. The molecule has 1 atom stereocenters. The lowest BCUT2D eigenvalue weighted by Gasteiger charge is -2.29. The van der Waals surface area contributed by atoms with Crippen LogP contribution in [0.25, 0.3) is 0 Å². The van der Waals surface area contributed by atoms with Crippen molar-refractivity contribution in [2.45, 2.75) is 102 Å². The summed E-state index contributed by atoms with van der Waals surface area (Å²) < 4.78 is 58.3. The Hall–Kier alpha value is -2.21. The van der Waals surface area contributed by atoms with Crippen LogP contribution in [0.1, 0.15) is 75.1 Å². The van der Waals surface area contributed by atoms with Gasteiger partial charge >= 0.3 is 13.2 Å². The third kappa shape index (κ3) is 8.53. The second kappa shape index (κ2) is 13.0. The maximum Gasteiger partial charge on any atom is 0.345 e. The molecule has 34 heavy (non-hydrogen) atoms. The van der Waals surface area contributed by atoms with E-state index in [9.17, 15) is 22.4 Å². The van der Waals surface area contributed by atoms with Crippen LogP contribution in [-0.4, -0.2) is 59.9 Å². The molecule has 2 aliphatic rings. The minimum atomic E-state index is -2.86. The van der Waals surface area contributed by atoms with Gasteiger partial charge in [-0.1, -0.05) is 19.3 Å². The number of halogens is 4. The van der Waals surface area contributed by atoms with Gasteiger partial charge in [0.15, 0.2) is 0 Å². The number of nitrogens with one attached hydrogen (secondary N) is 3. The van der Waals surface area contributed by atoms with Crippen molar-refractivity contribution >= 4 is 17.7 Å². The molecule has 0 spiro atoms. The van der Waals surface area contributed by atoms with Crippen LogP contribution in [0.2, 0.25) is 0 Å². The standard InChI is InChI=1S/C22H33F4N5O3/c1-13(12-33-20(23)24)28-22-27-11-17(18(31-22)29-14-5-3-2-4-6-14)19(32)30-15-7-9-16(10-8-15)34-21(25)26/h11,13-16,20-21H,2-10,12H2,1H3,(H,30,32)(H2,27,28,29,31)/t13-,15?,16?/m0/s1. The smallest absolute Gasteiger partial charge is 0.345 e. The van der Waals surface area contributed by atoms with Crippen LogP contribution in [0.3, 0.4) is 0 Å². The summed E-state index contributed by atoms with van der Waals surface area (Å²) >= 11 is 0. The fraction of sp³-hybridized carbons (Fsp3) is 0.773. The monoisotopic (exact) mass is 491 g/mol. The molecular weight excluding hydrogens is 458 g/mol. The zero-order chi connectivity index (χ0) is 24.5. The highest BCUT2D eigenvalue weighted by Gasteiger charge is 2.27. The van der Waals surface area contributed by atoms with E-state index >= 15 is 0 Å². The first-order valence-corrected chi connectivity index (χ1v) is 11.8. The van der Waals surface area contributed by atoms with E-state index < -0.39 is 25.4 Å². The van der Waals surface area contributed by atoms with Gasteiger partial charge in [0.1, 0.15) is 11.4 Å². The van der Waals surface area contributed by atoms with Gasteiger partial charge in [-0.25, -0.2) is 4.98 Å². The van der Waals surface area contributed by atoms with Crippen molar-refractivity contribution in [3.8, 4) is 0 Å². The summed E-state index contributed by atoms with van der Waals surface area (Å²) in [4.78, 5) is 21.7. The molecular formula is C22H33F4N5O3. The number of ether oxygens (including phenoxy) is 2. The molecule has 1 aromatic heterocycles. The molecule has 0 unspecified atom stereocenters. The number of aromatic nitrogens is 2. The SMILES string of the molecule is C[C@@H](COC(F)F)Nc1ncc(C(=O)NC2CCC(OC(F)F)CC2)c(NC2CCCCC2)n1. The number of carbonyl (C=O) groups excluding carboxylic acids is 1. The third-order valence-electron chi connectivity index (χ3n) is 6.13. The van der Waals surface area contributed by atoms with Crippen LogP contribution in [0, 0.1) is 0 Å². The summed E-state index contributed by atoms with van der Waals surface area (Å²) in [5.41, 5.74) is 0.276. The molecule has 2 fully saturated rings. The minimum absolute atomic E-state index is 0.156. The molecule has 3 rings (SSSR count). The predicted octanol–water partition coefficient (Wildman–Crippen LogP) is 4.54. The van der Waals surface area contributed by atoms with Gasteiger partial charge in [-0.3, -0.25) is 4.79 Å². The number of carbonyl (C=O) groups is 1. The number of hydrogen-bond acceptors (Lipinski definition) is 7. The number of alkyl halides is 4. The summed E-state index contributed by atoms with van der Waals surface area (Å²) in [5.74, 6) is 0.223. The molecule has 12 heteroatoms. The van der Waals surface area contributed by atoms with E-state index in [2.05, 4.69) is 35.4 Å². The lowest BCUT2D eigenvalue weighted by Crippen LogP contribution is -2.40. The number of nitrogens with zero attached hydrogens (tertiary/aromatic N) is 2. The van der Waals surface area contributed by atoms with E-state index in [-0.39, 0.29) is 36.1 Å². The number of amides is 1. The molecule has 3 N–H and O–H groups in total. The molecule has 1 heterocycles. The quantitative estimate of drug-likeness (QED) is 0.391. The molecule has 192 valence electrons. The highest BCUT2D eigenvalue weighted by atomic mass is 19.3. The van der Waals surface area contributed by atoms with Crippen LogP contribution in [0.4, 0.5) is 29.3 Å². The topological polar surface area (TPSA) is 97.4 Å². The maximum absolute atomic E-state index is 13.0. The van der Waals surface area contributed by atoms with E-state index in [1.807, 2.05) is 0 Å². The number of anilines is 2. The average molecular weight is 492 g/mol. The Bertz CT molecular complexity index is 775. The second-order valence-electron chi connectivity index (χ2n) is 8.92. The predicted molar refractivity (Wildman–Crippen MR) is 118 cm³/mol. The lowest BCUT2D eigenvalue weighted by atomic mass is 9.92. The first-order chi connectivity index (χ1) is 16.3. The molecule has 0 bridgehead atoms. The average Bonchev–Trinajstić information content (AvgIpc) is 2.79. The molecule has 1 amide bonds. The van der Waals surface area contributed by atoms with Crippen LogP contribution in [0.15, 0.2) is 6.20 Å². The number of hydrogen-bond donors (Lipinski definition) is 3. The van der Waals surface area contributed by atoms with Crippen molar-refractivity contribution in [3.05, 3.63) is 11.8 Å². The van der Waals surface area contributed by atoms with Crippen molar-refractivity contribution in [1.29, 1.82) is 0 Å². The Morgan fingerprint density at radius 3 is 2.38 bits per heavy atom. The summed E-state index contributed by atoms with van der Waals surface area (Å²) in [6.07, 6.45) is 8.13. The third-order valence-corrected chi connectivity index (χ3v) is 6.13. The minimum Gasteiger partial charge on any atom is -0.367 e. The van der Waals surface area contributed by atoms with Crippen LogP contribution in [0.5, 0.6) is 0 Å². The second-order valence-corrected chi connectivity index (χ2v) is 8.92. The van der Waals surface area contributed by atoms with Crippen LogP contribution in [-0.2, 0) is 9.47 Å². The fourth-order valence-electron chi connectivity index (χ4n) is 4.40. The van der Waals surface area contributed by atoms with Gasteiger partial charge in [0.05, 0.1) is 12.7 Å². The Kier molecular flexibility index (Phi) is 10.1. The highest BCUT2D eigenvalue weighted by Crippen LogP contribution is 2.26. The van der Waals surface area contributed by atoms with E-state index in [1.165, 1.54) is 12.6 Å². The first kappa shape index (κ1) is 26.4. The van der Waals surface area contributed by atoms with Gasteiger partial charge in [0, 0.05) is 24.3 Å². The molecule has 2 saturated carbocycles.